The van der Waals surface area contributed by atoms with Gasteiger partial charge in [0, 0.05) is 19.3 Å². The first-order chi connectivity index (χ1) is 9.08. The van der Waals surface area contributed by atoms with Gasteiger partial charge in [-0.15, -0.1) is 0 Å². The fourth-order valence-corrected chi connectivity index (χ4v) is 2.49. The summed E-state index contributed by atoms with van der Waals surface area (Å²) in [5.41, 5.74) is 0.246. The third kappa shape index (κ3) is 3.58. The Bertz CT molecular complexity index is 435. The minimum atomic E-state index is -0.940. The second-order valence-corrected chi connectivity index (χ2v) is 5.11. The molecule has 1 aromatic heterocycles. The van der Waals surface area contributed by atoms with Crippen LogP contribution in [0, 0.1) is 12.8 Å². The summed E-state index contributed by atoms with van der Waals surface area (Å²) in [5, 5.41) is 12.4. The number of rotatable bonds is 5. The molecule has 0 saturated carbocycles. The Morgan fingerprint density at radius 3 is 2.79 bits per heavy atom. The maximum Gasteiger partial charge on any atom is 0.339 e. The molecule has 0 amide bonds. The average molecular weight is 267 g/mol. The second kappa shape index (κ2) is 6.21. The fraction of sp³-hybridized carbons (Fsp3) is 0.643. The summed E-state index contributed by atoms with van der Waals surface area (Å²) in [6.45, 7) is 6.06. The predicted octanol–water partition coefficient (Wildman–Crippen LogP) is 2.19. The average Bonchev–Trinajstić information content (AvgIpc) is 2.78. The van der Waals surface area contributed by atoms with Crippen molar-refractivity contribution in [3.63, 3.8) is 0 Å². The van der Waals surface area contributed by atoms with Gasteiger partial charge < -0.3 is 19.6 Å². The molecular weight excluding hydrogens is 246 g/mol. The third-order valence-electron chi connectivity index (χ3n) is 3.77. The van der Waals surface area contributed by atoms with Gasteiger partial charge in [-0.3, -0.25) is 0 Å². The standard InChI is InChI=1S/C14H21NO4/c1-9(11-3-5-18-6-4-11)15-8-12-7-13(14(16)17)10(2)19-12/h7,9,11,15H,3-6,8H2,1-2H3,(H,16,17). The van der Waals surface area contributed by atoms with Crippen molar-refractivity contribution in [2.75, 3.05) is 13.2 Å². The summed E-state index contributed by atoms with van der Waals surface area (Å²) < 4.78 is 10.8. The van der Waals surface area contributed by atoms with Crippen LogP contribution >= 0.6 is 0 Å². The van der Waals surface area contributed by atoms with Gasteiger partial charge in [0.05, 0.1) is 6.54 Å². The highest BCUT2D eigenvalue weighted by Gasteiger charge is 2.21. The lowest BCUT2D eigenvalue weighted by Crippen LogP contribution is -2.36. The first-order valence-electron chi connectivity index (χ1n) is 6.71. The van der Waals surface area contributed by atoms with Crippen molar-refractivity contribution in [1.29, 1.82) is 0 Å². The van der Waals surface area contributed by atoms with Crippen molar-refractivity contribution in [1.82, 2.24) is 5.32 Å². The van der Waals surface area contributed by atoms with Crippen LogP contribution in [0.4, 0.5) is 0 Å². The topological polar surface area (TPSA) is 71.7 Å². The van der Waals surface area contributed by atoms with E-state index < -0.39 is 5.97 Å². The zero-order valence-corrected chi connectivity index (χ0v) is 11.4. The van der Waals surface area contributed by atoms with Crippen molar-refractivity contribution >= 4 is 5.97 Å². The summed E-state index contributed by atoms with van der Waals surface area (Å²) in [5.74, 6) is 0.811. The minimum Gasteiger partial charge on any atom is -0.478 e. The third-order valence-corrected chi connectivity index (χ3v) is 3.77. The molecule has 1 unspecified atom stereocenters. The van der Waals surface area contributed by atoms with E-state index in [2.05, 4.69) is 12.2 Å². The molecule has 5 nitrogen and oxygen atoms in total. The van der Waals surface area contributed by atoms with Crippen LogP contribution in [0.5, 0.6) is 0 Å². The monoisotopic (exact) mass is 267 g/mol. The largest absolute Gasteiger partial charge is 0.478 e. The van der Waals surface area contributed by atoms with Crippen LogP contribution in [0.15, 0.2) is 10.5 Å². The lowest BCUT2D eigenvalue weighted by Gasteiger charge is -2.28. The second-order valence-electron chi connectivity index (χ2n) is 5.11. The maximum absolute atomic E-state index is 10.9. The summed E-state index contributed by atoms with van der Waals surface area (Å²) in [4.78, 5) is 10.9. The van der Waals surface area contributed by atoms with Gasteiger partial charge in [-0.1, -0.05) is 0 Å². The Morgan fingerprint density at radius 1 is 1.53 bits per heavy atom. The number of carbonyl (C=O) groups is 1. The molecule has 0 aromatic carbocycles. The van der Waals surface area contributed by atoms with Crippen LogP contribution in [-0.4, -0.2) is 30.3 Å². The molecule has 0 spiro atoms. The van der Waals surface area contributed by atoms with Crippen LogP contribution in [0.25, 0.3) is 0 Å². The van der Waals surface area contributed by atoms with E-state index in [0.29, 0.717) is 30.0 Å². The molecule has 2 N–H and O–H groups in total. The Kier molecular flexibility index (Phi) is 4.61. The number of carboxylic acids is 1. The SMILES string of the molecule is Cc1oc(CNC(C)C2CCOCC2)cc1C(=O)O. The van der Waals surface area contributed by atoms with Crippen molar-refractivity contribution in [3.05, 3.63) is 23.2 Å². The molecule has 1 saturated heterocycles. The highest BCUT2D eigenvalue weighted by Crippen LogP contribution is 2.20. The van der Waals surface area contributed by atoms with E-state index in [0.717, 1.165) is 26.1 Å². The van der Waals surface area contributed by atoms with Crippen molar-refractivity contribution in [2.45, 2.75) is 39.3 Å². The highest BCUT2D eigenvalue weighted by atomic mass is 16.5. The van der Waals surface area contributed by atoms with Crippen LogP contribution in [0.2, 0.25) is 0 Å². The van der Waals surface area contributed by atoms with Crippen LogP contribution in [0.1, 0.15) is 41.6 Å². The zero-order chi connectivity index (χ0) is 13.8. The molecule has 1 fully saturated rings. The van der Waals surface area contributed by atoms with E-state index in [-0.39, 0.29) is 5.56 Å². The normalized spacial score (nSPS) is 18.4. The van der Waals surface area contributed by atoms with Gasteiger partial charge in [-0.2, -0.15) is 0 Å². The summed E-state index contributed by atoms with van der Waals surface area (Å²) in [7, 11) is 0. The highest BCUT2D eigenvalue weighted by molar-refractivity contribution is 5.88. The van der Waals surface area contributed by atoms with E-state index in [1.54, 1.807) is 13.0 Å². The summed E-state index contributed by atoms with van der Waals surface area (Å²) >= 11 is 0. The number of hydrogen-bond donors (Lipinski definition) is 2. The van der Waals surface area contributed by atoms with Crippen LogP contribution in [-0.2, 0) is 11.3 Å². The molecule has 0 bridgehead atoms. The van der Waals surface area contributed by atoms with E-state index in [4.69, 9.17) is 14.3 Å². The number of nitrogens with one attached hydrogen (secondary N) is 1. The van der Waals surface area contributed by atoms with E-state index >= 15 is 0 Å². The molecular formula is C14H21NO4. The molecule has 19 heavy (non-hydrogen) atoms. The van der Waals surface area contributed by atoms with Crippen LogP contribution < -0.4 is 5.32 Å². The summed E-state index contributed by atoms with van der Waals surface area (Å²) in [6, 6.07) is 1.98. The molecule has 1 aromatic rings. The lowest BCUT2D eigenvalue weighted by molar-refractivity contribution is 0.0555. The van der Waals surface area contributed by atoms with Gasteiger partial charge in [0.25, 0.3) is 0 Å². The fourth-order valence-electron chi connectivity index (χ4n) is 2.49. The van der Waals surface area contributed by atoms with Gasteiger partial charge in [0.2, 0.25) is 0 Å². The van der Waals surface area contributed by atoms with Gasteiger partial charge in [-0.05, 0) is 38.7 Å². The van der Waals surface area contributed by atoms with Gasteiger partial charge in [0.1, 0.15) is 17.1 Å². The quantitative estimate of drug-likeness (QED) is 0.855. The molecule has 0 aliphatic carbocycles. The Labute approximate surface area is 112 Å². The molecule has 1 atom stereocenters. The Hall–Kier alpha value is -1.33. The number of carboxylic acid groups (broad SMARTS) is 1. The number of ether oxygens (including phenoxy) is 1. The molecule has 2 rings (SSSR count). The molecule has 2 heterocycles. The van der Waals surface area contributed by atoms with E-state index in [1.807, 2.05) is 0 Å². The van der Waals surface area contributed by atoms with Crippen molar-refractivity contribution in [2.24, 2.45) is 5.92 Å². The molecule has 5 heteroatoms. The van der Waals surface area contributed by atoms with Crippen molar-refractivity contribution < 1.29 is 19.1 Å². The Morgan fingerprint density at radius 2 is 2.21 bits per heavy atom. The smallest absolute Gasteiger partial charge is 0.339 e. The van der Waals surface area contributed by atoms with Crippen LogP contribution in [0.3, 0.4) is 0 Å². The lowest BCUT2D eigenvalue weighted by atomic mass is 9.93. The van der Waals surface area contributed by atoms with E-state index in [1.165, 1.54) is 0 Å². The number of aromatic carboxylic acids is 1. The molecule has 1 aliphatic heterocycles. The Balaban J connectivity index is 1.87. The first kappa shape index (κ1) is 14.1. The number of hydrogen-bond acceptors (Lipinski definition) is 4. The minimum absolute atomic E-state index is 0.246. The molecule has 1 aliphatic rings. The van der Waals surface area contributed by atoms with Crippen molar-refractivity contribution in [3.8, 4) is 0 Å². The predicted molar refractivity (Wildman–Crippen MR) is 70.2 cm³/mol. The maximum atomic E-state index is 10.9. The zero-order valence-electron chi connectivity index (χ0n) is 11.4. The number of furan rings is 1. The molecule has 106 valence electrons. The van der Waals surface area contributed by atoms with E-state index in [9.17, 15) is 4.79 Å². The first-order valence-corrected chi connectivity index (χ1v) is 6.71. The summed E-state index contributed by atoms with van der Waals surface area (Å²) in [6.07, 6.45) is 2.15. The number of aryl methyl sites for hydroxylation is 1. The molecule has 0 radical (unpaired) electrons. The van der Waals surface area contributed by atoms with Gasteiger partial charge >= 0.3 is 5.97 Å². The van der Waals surface area contributed by atoms with Gasteiger partial charge in [0.15, 0.2) is 0 Å². The van der Waals surface area contributed by atoms with Gasteiger partial charge in [-0.25, -0.2) is 4.79 Å².